The monoisotopic (exact) mass is 323 g/mol. The van der Waals surface area contributed by atoms with E-state index in [0.717, 1.165) is 18.4 Å². The molecular weight excluding hydrogens is 306 g/mol. The number of nitrogens with zero attached hydrogens (tertiary/aromatic N) is 5. The zero-order chi connectivity index (χ0) is 16.4. The number of amides is 1. The standard InChI is InChI=1S/C17H17N5O2/c23-15(11-21-10-8-18-12-21)22-9-4-7-14(22)17-19-16(20-24-17)13-5-2-1-3-6-13/h1-3,5-6,8,10,12,14H,4,7,9,11H2/t14-/m1/s1. The van der Waals surface area contributed by atoms with E-state index in [4.69, 9.17) is 4.52 Å². The number of hydrogen-bond donors (Lipinski definition) is 0. The maximum absolute atomic E-state index is 12.6. The molecule has 1 atom stereocenters. The molecule has 0 saturated carbocycles. The van der Waals surface area contributed by atoms with Gasteiger partial charge in [0, 0.05) is 24.5 Å². The van der Waals surface area contributed by atoms with E-state index in [2.05, 4.69) is 15.1 Å². The van der Waals surface area contributed by atoms with Crippen LogP contribution in [0.3, 0.4) is 0 Å². The van der Waals surface area contributed by atoms with Crippen LogP contribution < -0.4 is 0 Å². The first-order chi connectivity index (χ1) is 11.8. The highest BCUT2D eigenvalue weighted by atomic mass is 16.5. The Morgan fingerprint density at radius 1 is 1.29 bits per heavy atom. The summed E-state index contributed by atoms with van der Waals surface area (Å²) in [6.45, 7) is 0.984. The van der Waals surface area contributed by atoms with Crippen molar-refractivity contribution in [2.24, 2.45) is 0 Å². The summed E-state index contributed by atoms with van der Waals surface area (Å²) in [6.07, 6.45) is 6.86. The third-order valence-corrected chi connectivity index (χ3v) is 4.21. The van der Waals surface area contributed by atoms with E-state index in [-0.39, 0.29) is 18.5 Å². The molecule has 0 spiro atoms. The molecule has 3 heterocycles. The zero-order valence-electron chi connectivity index (χ0n) is 13.1. The largest absolute Gasteiger partial charge is 0.337 e. The van der Waals surface area contributed by atoms with Crippen molar-refractivity contribution in [3.63, 3.8) is 0 Å². The second kappa shape index (κ2) is 6.27. The Bertz CT molecular complexity index is 813. The second-order valence-corrected chi connectivity index (χ2v) is 5.80. The van der Waals surface area contributed by atoms with Crippen molar-refractivity contribution in [3.05, 3.63) is 54.9 Å². The third kappa shape index (κ3) is 2.80. The van der Waals surface area contributed by atoms with Crippen molar-refractivity contribution in [2.45, 2.75) is 25.4 Å². The molecule has 0 unspecified atom stereocenters. The molecule has 2 aromatic heterocycles. The lowest BCUT2D eigenvalue weighted by Gasteiger charge is -2.21. The predicted molar refractivity (Wildman–Crippen MR) is 85.6 cm³/mol. The Morgan fingerprint density at radius 2 is 2.17 bits per heavy atom. The van der Waals surface area contributed by atoms with Gasteiger partial charge in [0.15, 0.2) is 0 Å². The first-order valence-corrected chi connectivity index (χ1v) is 7.95. The van der Waals surface area contributed by atoms with Crippen LogP contribution >= 0.6 is 0 Å². The number of rotatable bonds is 4. The smallest absolute Gasteiger partial charge is 0.249 e. The van der Waals surface area contributed by atoms with Crippen LogP contribution in [0.5, 0.6) is 0 Å². The summed E-state index contributed by atoms with van der Waals surface area (Å²) in [5, 5.41) is 4.06. The van der Waals surface area contributed by atoms with Crippen molar-refractivity contribution in [3.8, 4) is 11.4 Å². The Labute approximate surface area is 138 Å². The summed E-state index contributed by atoms with van der Waals surface area (Å²) >= 11 is 0. The van der Waals surface area contributed by atoms with Gasteiger partial charge < -0.3 is 14.0 Å². The number of carbonyl (C=O) groups excluding carboxylic acids is 1. The highest BCUT2D eigenvalue weighted by molar-refractivity contribution is 5.76. The van der Waals surface area contributed by atoms with Gasteiger partial charge in [0.25, 0.3) is 0 Å². The van der Waals surface area contributed by atoms with Crippen LogP contribution in [0.15, 0.2) is 53.6 Å². The van der Waals surface area contributed by atoms with Crippen molar-refractivity contribution in [1.82, 2.24) is 24.6 Å². The summed E-state index contributed by atoms with van der Waals surface area (Å²) in [7, 11) is 0. The molecule has 122 valence electrons. The number of aromatic nitrogens is 4. The van der Waals surface area contributed by atoms with Crippen LogP contribution in [0.2, 0.25) is 0 Å². The fourth-order valence-electron chi connectivity index (χ4n) is 3.02. The highest BCUT2D eigenvalue weighted by Gasteiger charge is 2.34. The van der Waals surface area contributed by atoms with E-state index in [0.29, 0.717) is 18.3 Å². The average Bonchev–Trinajstić information content (AvgIpc) is 3.36. The van der Waals surface area contributed by atoms with E-state index < -0.39 is 0 Å². The van der Waals surface area contributed by atoms with Crippen molar-refractivity contribution in [2.75, 3.05) is 6.54 Å². The minimum Gasteiger partial charge on any atom is -0.337 e. The molecular formula is C17H17N5O2. The van der Waals surface area contributed by atoms with Gasteiger partial charge in [-0.3, -0.25) is 4.79 Å². The first-order valence-electron chi connectivity index (χ1n) is 7.95. The number of carbonyl (C=O) groups is 1. The SMILES string of the molecule is O=C(Cn1ccnc1)N1CCC[C@@H]1c1nc(-c2ccccc2)no1. The highest BCUT2D eigenvalue weighted by Crippen LogP contribution is 2.32. The van der Waals surface area contributed by atoms with Crippen LogP contribution in [-0.4, -0.2) is 37.0 Å². The maximum Gasteiger partial charge on any atom is 0.249 e. The van der Waals surface area contributed by atoms with Gasteiger partial charge in [-0.25, -0.2) is 4.98 Å². The van der Waals surface area contributed by atoms with Crippen LogP contribution in [0.25, 0.3) is 11.4 Å². The van der Waals surface area contributed by atoms with Gasteiger partial charge in [-0.15, -0.1) is 0 Å². The average molecular weight is 323 g/mol. The minimum atomic E-state index is -0.147. The molecule has 0 aliphatic carbocycles. The molecule has 7 nitrogen and oxygen atoms in total. The van der Waals surface area contributed by atoms with E-state index in [1.165, 1.54) is 0 Å². The number of imidazole rings is 1. The van der Waals surface area contributed by atoms with Crippen molar-refractivity contribution >= 4 is 5.91 Å². The molecule has 24 heavy (non-hydrogen) atoms. The van der Waals surface area contributed by atoms with Gasteiger partial charge >= 0.3 is 0 Å². The summed E-state index contributed by atoms with van der Waals surface area (Å²) in [5.74, 6) is 1.10. The summed E-state index contributed by atoms with van der Waals surface area (Å²) in [4.78, 5) is 22.9. The molecule has 3 aromatic rings. The van der Waals surface area contributed by atoms with Gasteiger partial charge in [0.05, 0.1) is 6.33 Å². The van der Waals surface area contributed by atoms with Gasteiger partial charge in [0.2, 0.25) is 17.6 Å². The van der Waals surface area contributed by atoms with Crippen molar-refractivity contribution in [1.29, 1.82) is 0 Å². The number of benzene rings is 1. The Balaban J connectivity index is 1.53. The fraction of sp³-hybridized carbons (Fsp3) is 0.294. The molecule has 7 heteroatoms. The zero-order valence-corrected chi connectivity index (χ0v) is 13.1. The topological polar surface area (TPSA) is 77.1 Å². The maximum atomic E-state index is 12.6. The van der Waals surface area contributed by atoms with E-state index in [1.807, 2.05) is 35.2 Å². The van der Waals surface area contributed by atoms with Crippen LogP contribution in [-0.2, 0) is 11.3 Å². The Hall–Kier alpha value is -2.96. The van der Waals surface area contributed by atoms with Crippen LogP contribution in [0, 0.1) is 0 Å². The lowest BCUT2D eigenvalue weighted by atomic mass is 10.2. The molecule has 1 saturated heterocycles. The van der Waals surface area contributed by atoms with Gasteiger partial charge in [-0.1, -0.05) is 35.5 Å². The van der Waals surface area contributed by atoms with E-state index in [9.17, 15) is 4.79 Å². The fourth-order valence-corrected chi connectivity index (χ4v) is 3.02. The molecule has 0 N–H and O–H groups in total. The quantitative estimate of drug-likeness (QED) is 0.736. The van der Waals surface area contributed by atoms with Crippen LogP contribution in [0.4, 0.5) is 0 Å². The Kier molecular flexibility index (Phi) is 3.82. The summed E-state index contributed by atoms with van der Waals surface area (Å²) in [6, 6.07) is 9.53. The van der Waals surface area contributed by atoms with Crippen LogP contribution in [0.1, 0.15) is 24.8 Å². The first kappa shape index (κ1) is 14.6. The van der Waals surface area contributed by atoms with E-state index >= 15 is 0 Å². The molecule has 1 aromatic carbocycles. The van der Waals surface area contributed by atoms with Gasteiger partial charge in [-0.05, 0) is 12.8 Å². The van der Waals surface area contributed by atoms with Gasteiger partial charge in [0.1, 0.15) is 12.6 Å². The summed E-state index contributed by atoms with van der Waals surface area (Å²) < 4.78 is 7.21. The molecule has 1 amide bonds. The molecule has 1 aliphatic rings. The molecule has 1 aliphatic heterocycles. The molecule has 4 rings (SSSR count). The lowest BCUT2D eigenvalue weighted by molar-refractivity contribution is -0.133. The predicted octanol–water partition coefficient (Wildman–Crippen LogP) is 2.30. The minimum absolute atomic E-state index is 0.0370. The number of hydrogen-bond acceptors (Lipinski definition) is 5. The van der Waals surface area contributed by atoms with Gasteiger partial charge in [-0.2, -0.15) is 4.98 Å². The summed E-state index contributed by atoms with van der Waals surface area (Å²) in [5.41, 5.74) is 0.904. The normalized spacial score (nSPS) is 17.3. The number of likely N-dealkylation sites (tertiary alicyclic amines) is 1. The van der Waals surface area contributed by atoms with Crippen molar-refractivity contribution < 1.29 is 9.32 Å². The molecule has 0 bridgehead atoms. The Morgan fingerprint density at radius 3 is 2.96 bits per heavy atom. The lowest BCUT2D eigenvalue weighted by Crippen LogP contribution is -2.33. The third-order valence-electron chi connectivity index (χ3n) is 4.21. The molecule has 0 radical (unpaired) electrons. The van der Waals surface area contributed by atoms with E-state index in [1.54, 1.807) is 23.3 Å². The second-order valence-electron chi connectivity index (χ2n) is 5.80. The molecule has 1 fully saturated rings.